The number of nitrogens with zero attached hydrogens (tertiary/aromatic N) is 3. The highest BCUT2D eigenvalue weighted by Crippen LogP contribution is 2.39. The molecule has 0 spiro atoms. The molecule has 1 aliphatic carbocycles. The van der Waals surface area contributed by atoms with Gasteiger partial charge >= 0.3 is 5.69 Å². The van der Waals surface area contributed by atoms with Gasteiger partial charge in [-0.3, -0.25) is 19.1 Å². The maximum absolute atomic E-state index is 13.0. The molecule has 4 aromatic rings. The molecule has 3 heterocycles. The first kappa shape index (κ1) is 19.2. The summed E-state index contributed by atoms with van der Waals surface area (Å²) in [6.45, 7) is 2.50. The standard InChI is InChI=1S/C22H22N6O3/c1-2-28-19-18(21(30)27-22(28)31)13(11-16(26-19)12-7-8-12)20(29)23-10-9-17-24-14-5-3-4-6-15(14)25-17/h3-6,11-12H,2,7-10H2,1H3,(H,23,29)(H,24,25)(H,27,30,31). The molecule has 1 amide bonds. The molecule has 3 aromatic heterocycles. The third kappa shape index (κ3) is 3.52. The number of aromatic nitrogens is 5. The van der Waals surface area contributed by atoms with Crippen molar-refractivity contribution in [1.82, 2.24) is 29.8 Å². The number of hydrogen-bond donors (Lipinski definition) is 3. The molecule has 0 bridgehead atoms. The number of nitrogens with one attached hydrogen (secondary N) is 3. The number of hydrogen-bond acceptors (Lipinski definition) is 5. The van der Waals surface area contributed by atoms with E-state index < -0.39 is 11.2 Å². The lowest BCUT2D eigenvalue weighted by molar-refractivity contribution is 0.0955. The van der Waals surface area contributed by atoms with Crippen LogP contribution in [0.2, 0.25) is 0 Å². The average Bonchev–Trinajstić information content (AvgIpc) is 3.52. The fourth-order valence-corrected chi connectivity index (χ4v) is 3.87. The molecule has 1 saturated carbocycles. The highest BCUT2D eigenvalue weighted by atomic mass is 16.2. The third-order valence-corrected chi connectivity index (χ3v) is 5.61. The van der Waals surface area contributed by atoms with E-state index in [4.69, 9.17) is 0 Å². The number of rotatable bonds is 6. The van der Waals surface area contributed by atoms with Crippen molar-refractivity contribution in [3.63, 3.8) is 0 Å². The summed E-state index contributed by atoms with van der Waals surface area (Å²) in [6, 6.07) is 9.43. The quantitative estimate of drug-likeness (QED) is 0.440. The van der Waals surface area contributed by atoms with Gasteiger partial charge in [0.2, 0.25) is 0 Å². The van der Waals surface area contributed by atoms with Crippen molar-refractivity contribution >= 4 is 28.0 Å². The second-order valence-corrected chi connectivity index (χ2v) is 7.78. The zero-order valence-electron chi connectivity index (χ0n) is 17.1. The van der Waals surface area contributed by atoms with Crippen molar-refractivity contribution in [3.05, 3.63) is 68.3 Å². The number of carbonyl (C=O) groups is 1. The Morgan fingerprint density at radius 3 is 2.74 bits per heavy atom. The number of H-pyrrole nitrogens is 2. The summed E-state index contributed by atoms with van der Waals surface area (Å²) in [5.74, 6) is 0.681. The minimum absolute atomic E-state index is 0.145. The molecule has 0 aliphatic heterocycles. The smallest absolute Gasteiger partial charge is 0.329 e. The predicted molar refractivity (Wildman–Crippen MR) is 116 cm³/mol. The molecule has 0 atom stereocenters. The van der Waals surface area contributed by atoms with E-state index in [1.165, 1.54) is 4.57 Å². The molecule has 0 unspecified atom stereocenters. The Bertz CT molecular complexity index is 1390. The van der Waals surface area contributed by atoms with Crippen molar-refractivity contribution < 1.29 is 4.79 Å². The van der Waals surface area contributed by atoms with Crippen LogP contribution in [0.25, 0.3) is 22.1 Å². The fourth-order valence-electron chi connectivity index (χ4n) is 3.87. The van der Waals surface area contributed by atoms with Gasteiger partial charge in [0.15, 0.2) is 5.65 Å². The monoisotopic (exact) mass is 418 g/mol. The second-order valence-electron chi connectivity index (χ2n) is 7.78. The molecule has 1 fully saturated rings. The Kier molecular flexibility index (Phi) is 4.65. The summed E-state index contributed by atoms with van der Waals surface area (Å²) in [5.41, 5.74) is 1.98. The molecule has 3 N–H and O–H groups in total. The number of carbonyl (C=O) groups excluding carboxylic acids is 1. The van der Waals surface area contributed by atoms with Gasteiger partial charge < -0.3 is 10.3 Å². The minimum Gasteiger partial charge on any atom is -0.352 e. The third-order valence-electron chi connectivity index (χ3n) is 5.61. The van der Waals surface area contributed by atoms with Crippen LogP contribution in [0.4, 0.5) is 0 Å². The van der Waals surface area contributed by atoms with Gasteiger partial charge in [0, 0.05) is 31.1 Å². The number of benzene rings is 1. The lowest BCUT2D eigenvalue weighted by Crippen LogP contribution is -2.33. The van der Waals surface area contributed by atoms with Crippen molar-refractivity contribution in [2.75, 3.05) is 6.54 Å². The van der Waals surface area contributed by atoms with E-state index in [0.29, 0.717) is 19.5 Å². The maximum Gasteiger partial charge on any atom is 0.329 e. The Hall–Kier alpha value is -3.75. The van der Waals surface area contributed by atoms with Crippen LogP contribution in [-0.2, 0) is 13.0 Å². The lowest BCUT2D eigenvalue weighted by atomic mass is 10.1. The molecule has 9 heteroatoms. The molecule has 0 radical (unpaired) electrons. The van der Waals surface area contributed by atoms with Gasteiger partial charge in [-0.05, 0) is 38.0 Å². The summed E-state index contributed by atoms with van der Waals surface area (Å²) in [6.07, 6.45) is 2.51. The topological polar surface area (TPSA) is 126 Å². The number of fused-ring (bicyclic) bond motifs is 2. The Balaban J connectivity index is 1.46. The first-order valence-electron chi connectivity index (χ1n) is 10.4. The van der Waals surface area contributed by atoms with Crippen LogP contribution in [0.3, 0.4) is 0 Å². The zero-order chi connectivity index (χ0) is 21.5. The van der Waals surface area contributed by atoms with Crippen molar-refractivity contribution in [1.29, 1.82) is 0 Å². The summed E-state index contributed by atoms with van der Waals surface area (Å²) < 4.78 is 1.40. The van der Waals surface area contributed by atoms with Crippen LogP contribution >= 0.6 is 0 Å². The van der Waals surface area contributed by atoms with E-state index in [2.05, 4.69) is 25.3 Å². The molecular weight excluding hydrogens is 396 g/mol. The van der Waals surface area contributed by atoms with Crippen LogP contribution in [-0.4, -0.2) is 37.0 Å². The molecule has 1 aliphatic rings. The van der Waals surface area contributed by atoms with Crippen LogP contribution in [0.5, 0.6) is 0 Å². The van der Waals surface area contributed by atoms with Gasteiger partial charge in [-0.25, -0.2) is 14.8 Å². The SMILES string of the molecule is CCn1c(=O)[nH]c(=O)c2c(C(=O)NCCc3nc4ccccc4[nH]3)cc(C3CC3)nc21. The first-order chi connectivity index (χ1) is 15.0. The molecule has 0 saturated heterocycles. The number of para-hydroxylation sites is 2. The molecule has 1 aromatic carbocycles. The van der Waals surface area contributed by atoms with Crippen molar-refractivity contribution in [2.45, 2.75) is 38.6 Å². The van der Waals surface area contributed by atoms with Crippen LogP contribution in [0, 0.1) is 0 Å². The summed E-state index contributed by atoms with van der Waals surface area (Å²) >= 11 is 0. The average molecular weight is 418 g/mol. The van der Waals surface area contributed by atoms with Crippen LogP contribution in [0.15, 0.2) is 39.9 Å². The molecule has 9 nitrogen and oxygen atoms in total. The minimum atomic E-state index is -0.595. The van der Waals surface area contributed by atoms with Gasteiger partial charge in [-0.1, -0.05) is 12.1 Å². The predicted octanol–water partition coefficient (Wildman–Crippen LogP) is 1.83. The van der Waals surface area contributed by atoms with Gasteiger partial charge in [-0.15, -0.1) is 0 Å². The number of pyridine rings is 1. The van der Waals surface area contributed by atoms with Crippen LogP contribution in [0.1, 0.15) is 47.6 Å². The molecule has 5 rings (SSSR count). The number of amides is 1. The van der Waals surface area contributed by atoms with Gasteiger partial charge in [-0.2, -0.15) is 0 Å². The molecule has 31 heavy (non-hydrogen) atoms. The van der Waals surface area contributed by atoms with Crippen molar-refractivity contribution in [2.24, 2.45) is 0 Å². The Morgan fingerprint density at radius 2 is 2.00 bits per heavy atom. The largest absolute Gasteiger partial charge is 0.352 e. The normalized spacial score (nSPS) is 13.7. The number of aromatic amines is 2. The van der Waals surface area contributed by atoms with E-state index in [1.54, 1.807) is 13.0 Å². The summed E-state index contributed by atoms with van der Waals surface area (Å²) in [5, 5.41) is 3.03. The highest BCUT2D eigenvalue weighted by molar-refractivity contribution is 6.05. The van der Waals surface area contributed by atoms with E-state index in [9.17, 15) is 14.4 Å². The second kappa shape index (κ2) is 7.50. The van der Waals surface area contributed by atoms with Gasteiger partial charge in [0.1, 0.15) is 5.82 Å². The number of imidazole rings is 1. The fraction of sp³-hybridized carbons (Fsp3) is 0.318. The summed E-state index contributed by atoms with van der Waals surface area (Å²) in [4.78, 5) is 52.5. The van der Waals surface area contributed by atoms with Crippen molar-refractivity contribution in [3.8, 4) is 0 Å². The zero-order valence-corrected chi connectivity index (χ0v) is 17.1. The van der Waals surface area contributed by atoms with Crippen LogP contribution < -0.4 is 16.6 Å². The number of aryl methyl sites for hydroxylation is 1. The van der Waals surface area contributed by atoms with E-state index >= 15 is 0 Å². The lowest BCUT2D eigenvalue weighted by Gasteiger charge is -2.12. The first-order valence-corrected chi connectivity index (χ1v) is 10.4. The van der Waals surface area contributed by atoms with E-state index in [1.807, 2.05) is 24.3 Å². The van der Waals surface area contributed by atoms with E-state index in [0.717, 1.165) is 35.4 Å². The highest BCUT2D eigenvalue weighted by Gasteiger charge is 2.28. The molecule has 158 valence electrons. The molecular formula is C22H22N6O3. The van der Waals surface area contributed by atoms with E-state index in [-0.39, 0.29) is 28.4 Å². The van der Waals surface area contributed by atoms with Gasteiger partial charge in [0.25, 0.3) is 11.5 Å². The maximum atomic E-state index is 13.0. The Labute approximate surface area is 176 Å². The van der Waals surface area contributed by atoms with Gasteiger partial charge in [0.05, 0.1) is 22.0 Å². The Morgan fingerprint density at radius 1 is 1.19 bits per heavy atom. The summed E-state index contributed by atoms with van der Waals surface area (Å²) in [7, 11) is 0.